The summed E-state index contributed by atoms with van der Waals surface area (Å²) < 4.78 is 5.12. The molecule has 21 heavy (non-hydrogen) atoms. The van der Waals surface area contributed by atoms with Crippen molar-refractivity contribution in [3.63, 3.8) is 0 Å². The van der Waals surface area contributed by atoms with Crippen molar-refractivity contribution in [1.29, 1.82) is 0 Å². The number of hydrogen-bond acceptors (Lipinski definition) is 8. The summed E-state index contributed by atoms with van der Waals surface area (Å²) in [5, 5.41) is 55.8. The number of ether oxygens (including phenoxy) is 1. The zero-order valence-corrected chi connectivity index (χ0v) is 11.2. The first kappa shape index (κ1) is 17.8. The predicted octanol–water partition coefficient (Wildman–Crippen LogP) is -3.92. The summed E-state index contributed by atoms with van der Waals surface area (Å²) in [4.78, 5) is 23.3. The van der Waals surface area contributed by atoms with Crippen molar-refractivity contribution in [3.05, 3.63) is 0 Å². The molecule has 122 valence electrons. The number of carbonyl (C=O) groups excluding carboxylic acids is 1. The molecule has 0 aliphatic carbocycles. The van der Waals surface area contributed by atoms with Gasteiger partial charge in [0, 0.05) is 0 Å². The molecule has 6 N–H and O–H groups in total. The Morgan fingerprint density at radius 1 is 1.24 bits per heavy atom. The van der Waals surface area contributed by atoms with Crippen LogP contribution in [0.3, 0.4) is 0 Å². The van der Waals surface area contributed by atoms with Gasteiger partial charge in [0.05, 0.1) is 6.61 Å². The van der Waals surface area contributed by atoms with Crippen LogP contribution in [0.1, 0.15) is 6.92 Å². The van der Waals surface area contributed by atoms with Crippen LogP contribution in [0.4, 0.5) is 0 Å². The average molecular weight is 309 g/mol. The lowest BCUT2D eigenvalue weighted by Crippen LogP contribution is -2.54. The number of nitrogens with zero attached hydrogens (tertiary/aromatic N) is 1. The maximum Gasteiger partial charge on any atom is 0.326 e. The van der Waals surface area contributed by atoms with Crippen molar-refractivity contribution >= 4 is 11.9 Å². The van der Waals surface area contributed by atoms with Gasteiger partial charge in [0.15, 0.2) is 6.23 Å². The van der Waals surface area contributed by atoms with Crippen LogP contribution in [0.2, 0.25) is 0 Å². The SMILES string of the molecule is C[C@@H](C(=O)O)N(C(=O)CO)C1O[C@H]([C@H](O)CO)[C@H](O)[C@H]1O. The highest BCUT2D eigenvalue weighted by Crippen LogP contribution is 2.27. The first-order valence-corrected chi connectivity index (χ1v) is 6.21. The van der Waals surface area contributed by atoms with Crippen molar-refractivity contribution in [1.82, 2.24) is 4.90 Å². The van der Waals surface area contributed by atoms with Crippen LogP contribution < -0.4 is 0 Å². The molecule has 1 unspecified atom stereocenters. The van der Waals surface area contributed by atoms with Gasteiger partial charge in [-0.05, 0) is 6.92 Å². The maximum absolute atomic E-state index is 11.7. The number of carboxylic acid groups (broad SMARTS) is 1. The Kier molecular flexibility index (Phi) is 6.01. The normalized spacial score (nSPS) is 31.7. The fourth-order valence-electron chi connectivity index (χ4n) is 2.12. The van der Waals surface area contributed by atoms with E-state index in [1.54, 1.807) is 0 Å². The largest absolute Gasteiger partial charge is 0.480 e. The van der Waals surface area contributed by atoms with E-state index in [-0.39, 0.29) is 0 Å². The molecule has 0 bridgehead atoms. The van der Waals surface area contributed by atoms with Gasteiger partial charge in [-0.25, -0.2) is 4.79 Å². The highest BCUT2D eigenvalue weighted by molar-refractivity contribution is 5.84. The Morgan fingerprint density at radius 2 is 1.81 bits per heavy atom. The minimum atomic E-state index is -1.70. The van der Waals surface area contributed by atoms with Crippen LogP contribution in [0.25, 0.3) is 0 Å². The fraction of sp³-hybridized carbons (Fsp3) is 0.818. The van der Waals surface area contributed by atoms with Crippen molar-refractivity contribution in [2.75, 3.05) is 13.2 Å². The second-order valence-electron chi connectivity index (χ2n) is 4.70. The van der Waals surface area contributed by atoms with E-state index in [1.807, 2.05) is 0 Å². The summed E-state index contributed by atoms with van der Waals surface area (Å²) in [6.07, 6.45) is -7.83. The van der Waals surface area contributed by atoms with Gasteiger partial charge in [0.2, 0.25) is 0 Å². The van der Waals surface area contributed by atoms with E-state index in [9.17, 15) is 24.9 Å². The summed E-state index contributed by atoms with van der Waals surface area (Å²) in [5.41, 5.74) is 0. The van der Waals surface area contributed by atoms with Gasteiger partial charge in [-0.15, -0.1) is 0 Å². The molecule has 1 aliphatic rings. The van der Waals surface area contributed by atoms with Crippen molar-refractivity contribution in [2.24, 2.45) is 0 Å². The molecule has 0 aromatic rings. The lowest BCUT2D eigenvalue weighted by molar-refractivity contribution is -0.174. The van der Waals surface area contributed by atoms with E-state index in [0.29, 0.717) is 4.90 Å². The molecule has 6 atom stereocenters. The molecule has 1 aliphatic heterocycles. The molecule has 0 saturated carbocycles. The first-order valence-electron chi connectivity index (χ1n) is 6.21. The van der Waals surface area contributed by atoms with E-state index >= 15 is 0 Å². The molecular weight excluding hydrogens is 290 g/mol. The van der Waals surface area contributed by atoms with Crippen molar-refractivity contribution in [2.45, 2.75) is 43.6 Å². The highest BCUT2D eigenvalue weighted by Gasteiger charge is 2.50. The van der Waals surface area contributed by atoms with Gasteiger partial charge >= 0.3 is 5.97 Å². The zero-order valence-electron chi connectivity index (χ0n) is 11.2. The minimum absolute atomic E-state index is 0.570. The third-order valence-electron chi connectivity index (χ3n) is 3.31. The third kappa shape index (κ3) is 3.48. The molecule has 1 amide bonds. The van der Waals surface area contributed by atoms with Gasteiger partial charge < -0.3 is 35.4 Å². The van der Waals surface area contributed by atoms with Gasteiger partial charge in [-0.2, -0.15) is 0 Å². The highest BCUT2D eigenvalue weighted by atomic mass is 16.6. The van der Waals surface area contributed by atoms with Crippen LogP contribution in [0, 0.1) is 0 Å². The molecule has 10 heteroatoms. The second kappa shape index (κ2) is 7.11. The Bertz CT molecular complexity index is 390. The molecule has 10 nitrogen and oxygen atoms in total. The number of aliphatic carboxylic acids is 1. The molecule has 1 heterocycles. The zero-order chi connectivity index (χ0) is 16.3. The topological polar surface area (TPSA) is 168 Å². The number of rotatable bonds is 6. The Labute approximate surface area is 119 Å². The predicted molar refractivity (Wildman–Crippen MR) is 64.8 cm³/mol. The second-order valence-corrected chi connectivity index (χ2v) is 4.70. The first-order chi connectivity index (χ1) is 9.76. The van der Waals surface area contributed by atoms with E-state index in [1.165, 1.54) is 0 Å². The van der Waals surface area contributed by atoms with E-state index in [4.69, 9.17) is 20.1 Å². The Balaban J connectivity index is 3.03. The molecule has 1 saturated heterocycles. The number of carboxylic acids is 1. The number of amides is 1. The summed E-state index contributed by atoms with van der Waals surface area (Å²) in [6, 6.07) is -1.44. The lowest BCUT2D eigenvalue weighted by Gasteiger charge is -2.33. The van der Waals surface area contributed by atoms with Crippen LogP contribution >= 0.6 is 0 Å². The van der Waals surface area contributed by atoms with Gasteiger partial charge in [0.1, 0.15) is 37.1 Å². The molecule has 1 fully saturated rings. The van der Waals surface area contributed by atoms with E-state index in [2.05, 4.69) is 0 Å². The standard InChI is InChI=1S/C11H19NO9/c1-4(11(19)20)12(6(16)3-14)10-8(18)7(17)9(21-10)5(15)2-13/h4-5,7-10,13-15,17-18H,2-3H2,1H3,(H,19,20)/t4-,5+,7+,8+,9+,10?/m0/s1. The van der Waals surface area contributed by atoms with E-state index < -0.39 is 61.8 Å². The van der Waals surface area contributed by atoms with Crippen molar-refractivity contribution < 1.29 is 45.0 Å². The summed E-state index contributed by atoms with van der Waals surface area (Å²) in [5.74, 6) is -2.44. The number of aliphatic hydroxyl groups excluding tert-OH is 5. The maximum atomic E-state index is 11.7. The smallest absolute Gasteiger partial charge is 0.326 e. The van der Waals surface area contributed by atoms with Gasteiger partial charge in [-0.1, -0.05) is 0 Å². The number of hydrogen-bond donors (Lipinski definition) is 6. The monoisotopic (exact) mass is 309 g/mol. The Morgan fingerprint density at radius 3 is 2.24 bits per heavy atom. The van der Waals surface area contributed by atoms with Crippen LogP contribution in [0.15, 0.2) is 0 Å². The van der Waals surface area contributed by atoms with Crippen LogP contribution in [-0.4, -0.2) is 97.3 Å². The van der Waals surface area contributed by atoms with Gasteiger partial charge in [0.25, 0.3) is 5.91 Å². The minimum Gasteiger partial charge on any atom is -0.480 e. The van der Waals surface area contributed by atoms with E-state index in [0.717, 1.165) is 6.92 Å². The quantitative estimate of drug-likeness (QED) is 0.287. The summed E-state index contributed by atoms with van der Waals surface area (Å²) in [7, 11) is 0. The number of aliphatic hydroxyl groups is 5. The molecule has 1 rings (SSSR count). The van der Waals surface area contributed by atoms with Crippen molar-refractivity contribution in [3.8, 4) is 0 Å². The lowest BCUT2D eigenvalue weighted by atomic mass is 10.1. The molecule has 0 spiro atoms. The van der Waals surface area contributed by atoms with Gasteiger partial charge in [-0.3, -0.25) is 9.69 Å². The summed E-state index contributed by atoms with van der Waals surface area (Å²) >= 11 is 0. The molecule has 0 radical (unpaired) electrons. The van der Waals surface area contributed by atoms with Crippen LogP contribution in [0.5, 0.6) is 0 Å². The third-order valence-corrected chi connectivity index (χ3v) is 3.31. The Hall–Kier alpha value is -1.30. The molecule has 0 aromatic carbocycles. The number of carbonyl (C=O) groups is 2. The average Bonchev–Trinajstić information content (AvgIpc) is 2.75. The summed E-state index contributed by atoms with van der Waals surface area (Å²) in [6.45, 7) is -0.648. The van der Waals surface area contributed by atoms with Crippen LogP contribution in [-0.2, 0) is 14.3 Å². The fourth-order valence-corrected chi connectivity index (χ4v) is 2.12. The molecule has 0 aromatic heterocycles. The molecular formula is C11H19NO9.